The van der Waals surface area contributed by atoms with E-state index in [9.17, 15) is 4.79 Å². The predicted molar refractivity (Wildman–Crippen MR) is 94.4 cm³/mol. The molecule has 0 saturated carbocycles. The highest BCUT2D eigenvalue weighted by Crippen LogP contribution is 2.22. The van der Waals surface area contributed by atoms with E-state index >= 15 is 0 Å². The van der Waals surface area contributed by atoms with E-state index in [1.165, 1.54) is 16.5 Å². The van der Waals surface area contributed by atoms with E-state index in [2.05, 4.69) is 43.2 Å². The van der Waals surface area contributed by atoms with Crippen molar-refractivity contribution < 1.29 is 4.79 Å². The van der Waals surface area contributed by atoms with Gasteiger partial charge in [-0.25, -0.2) is 0 Å². The number of amides is 1. The van der Waals surface area contributed by atoms with Crippen LogP contribution < -0.4 is 11.1 Å². The zero-order valence-electron chi connectivity index (χ0n) is 13.5. The average Bonchev–Trinajstić information content (AvgIpc) is 2.82. The number of rotatable bonds is 6. The second-order valence-electron chi connectivity index (χ2n) is 6.09. The summed E-state index contributed by atoms with van der Waals surface area (Å²) in [5, 5.41) is 4.19. The summed E-state index contributed by atoms with van der Waals surface area (Å²) in [5.41, 5.74) is 9.51. The predicted octanol–water partition coefficient (Wildman–Crippen LogP) is 2.93. The molecule has 0 aliphatic rings. The number of aromatic nitrogens is 1. The van der Waals surface area contributed by atoms with Crippen molar-refractivity contribution in [2.45, 2.75) is 39.7 Å². The Balaban J connectivity index is 0.00000242. The largest absolute Gasteiger partial charge is 0.361 e. The molecule has 0 bridgehead atoms. The molecule has 0 aliphatic heterocycles. The van der Waals surface area contributed by atoms with Crippen molar-refractivity contribution in [3.63, 3.8) is 0 Å². The highest BCUT2D eigenvalue weighted by Gasteiger charge is 2.14. The van der Waals surface area contributed by atoms with Crippen LogP contribution in [0.25, 0.3) is 10.9 Å². The molecule has 1 amide bonds. The minimum Gasteiger partial charge on any atom is -0.361 e. The zero-order valence-corrected chi connectivity index (χ0v) is 14.3. The number of nitrogens with two attached hydrogens (primary N) is 1. The van der Waals surface area contributed by atoms with Gasteiger partial charge in [-0.15, -0.1) is 12.4 Å². The van der Waals surface area contributed by atoms with Crippen molar-refractivity contribution in [1.29, 1.82) is 0 Å². The van der Waals surface area contributed by atoms with Gasteiger partial charge in [-0.05, 0) is 42.9 Å². The zero-order chi connectivity index (χ0) is 15.4. The third-order valence-corrected chi connectivity index (χ3v) is 3.75. The average molecular weight is 324 g/mol. The molecule has 2 aromatic rings. The third kappa shape index (κ3) is 4.49. The lowest BCUT2D eigenvalue weighted by atomic mass is 10.0. The number of H-pyrrole nitrogens is 1. The number of halogens is 1. The number of hydrogen-bond donors (Lipinski definition) is 3. The van der Waals surface area contributed by atoms with Crippen LogP contribution in [0.5, 0.6) is 0 Å². The van der Waals surface area contributed by atoms with Crippen LogP contribution in [0.3, 0.4) is 0 Å². The van der Waals surface area contributed by atoms with Gasteiger partial charge in [0.15, 0.2) is 0 Å². The Labute approximate surface area is 138 Å². The van der Waals surface area contributed by atoms with Crippen LogP contribution in [0.1, 0.15) is 31.4 Å². The fraction of sp³-hybridized carbons (Fsp3) is 0.471. The second-order valence-corrected chi connectivity index (χ2v) is 6.09. The molecule has 0 fully saturated rings. The van der Waals surface area contributed by atoms with Crippen molar-refractivity contribution in [2.24, 2.45) is 11.7 Å². The van der Waals surface area contributed by atoms with Crippen molar-refractivity contribution in [2.75, 3.05) is 6.54 Å². The highest BCUT2D eigenvalue weighted by atomic mass is 35.5. The Morgan fingerprint density at radius 1 is 1.36 bits per heavy atom. The van der Waals surface area contributed by atoms with Gasteiger partial charge in [-0.2, -0.15) is 0 Å². The summed E-state index contributed by atoms with van der Waals surface area (Å²) in [5.74, 6) is 0.377. The molecular weight excluding hydrogens is 298 g/mol. The molecule has 1 aromatic heterocycles. The lowest BCUT2D eigenvalue weighted by molar-refractivity contribution is -0.122. The molecule has 0 spiro atoms. The molecule has 4 nitrogen and oxygen atoms in total. The maximum atomic E-state index is 11.9. The minimum absolute atomic E-state index is 0. The van der Waals surface area contributed by atoms with Gasteiger partial charge in [-0.1, -0.05) is 26.0 Å². The van der Waals surface area contributed by atoms with E-state index in [-0.39, 0.29) is 18.3 Å². The van der Waals surface area contributed by atoms with Gasteiger partial charge in [-0.3, -0.25) is 4.79 Å². The summed E-state index contributed by atoms with van der Waals surface area (Å²) in [6.45, 7) is 6.87. The van der Waals surface area contributed by atoms with E-state index in [0.717, 1.165) is 18.4 Å². The first kappa shape index (κ1) is 18.5. The Kier molecular flexibility index (Phi) is 6.91. The molecule has 5 heteroatoms. The molecule has 0 saturated heterocycles. The summed E-state index contributed by atoms with van der Waals surface area (Å²) in [7, 11) is 0. The van der Waals surface area contributed by atoms with Crippen LogP contribution in [0.2, 0.25) is 0 Å². The van der Waals surface area contributed by atoms with Gasteiger partial charge in [0.05, 0.1) is 6.04 Å². The summed E-state index contributed by atoms with van der Waals surface area (Å²) >= 11 is 0. The molecule has 4 N–H and O–H groups in total. The lowest BCUT2D eigenvalue weighted by Gasteiger charge is -2.14. The Bertz CT molecular complexity index is 621. The number of carbonyl (C=O) groups is 1. The first-order chi connectivity index (χ1) is 9.99. The first-order valence-electron chi connectivity index (χ1n) is 7.58. The quantitative estimate of drug-likeness (QED) is 0.765. The molecule has 0 radical (unpaired) electrons. The SMILES string of the molecule is Cc1cccc2[nH]cc(CCNC(=O)[C@@H](N)CC(C)C)c12.Cl. The fourth-order valence-electron chi connectivity index (χ4n) is 2.71. The molecule has 1 heterocycles. The first-order valence-corrected chi connectivity index (χ1v) is 7.58. The van der Waals surface area contributed by atoms with E-state index in [0.29, 0.717) is 12.5 Å². The molecule has 2 rings (SSSR count). The van der Waals surface area contributed by atoms with E-state index in [1.807, 2.05) is 12.3 Å². The summed E-state index contributed by atoms with van der Waals surface area (Å²) in [6, 6.07) is 5.82. The molecular formula is C17H26ClN3O. The number of aromatic amines is 1. The van der Waals surface area contributed by atoms with Crippen molar-refractivity contribution in [3.05, 3.63) is 35.5 Å². The van der Waals surface area contributed by atoms with Crippen LogP contribution in [-0.2, 0) is 11.2 Å². The Hall–Kier alpha value is -1.52. The van der Waals surface area contributed by atoms with Gasteiger partial charge >= 0.3 is 0 Å². The van der Waals surface area contributed by atoms with Crippen LogP contribution in [0.4, 0.5) is 0 Å². The topological polar surface area (TPSA) is 70.9 Å². The third-order valence-electron chi connectivity index (χ3n) is 3.75. The number of carbonyl (C=O) groups excluding carboxylic acids is 1. The fourth-order valence-corrected chi connectivity index (χ4v) is 2.71. The number of hydrogen-bond acceptors (Lipinski definition) is 2. The van der Waals surface area contributed by atoms with E-state index < -0.39 is 6.04 Å². The van der Waals surface area contributed by atoms with Gasteiger partial charge in [0.1, 0.15) is 0 Å². The van der Waals surface area contributed by atoms with Crippen LogP contribution >= 0.6 is 12.4 Å². The van der Waals surface area contributed by atoms with E-state index in [1.54, 1.807) is 0 Å². The smallest absolute Gasteiger partial charge is 0.236 e. The van der Waals surface area contributed by atoms with Crippen molar-refractivity contribution in [1.82, 2.24) is 10.3 Å². The molecule has 1 aromatic carbocycles. The summed E-state index contributed by atoms with van der Waals surface area (Å²) in [6.07, 6.45) is 3.56. The standard InChI is InChI=1S/C17H25N3O.ClH/c1-11(2)9-14(18)17(21)19-8-7-13-10-20-15-6-4-5-12(3)16(13)15;/h4-6,10-11,14,20H,7-9,18H2,1-3H3,(H,19,21);1H/t14-;/m0./s1. The Morgan fingerprint density at radius 3 is 2.77 bits per heavy atom. The van der Waals surface area contributed by atoms with Crippen LogP contribution in [0, 0.1) is 12.8 Å². The molecule has 1 atom stereocenters. The molecule has 0 aliphatic carbocycles. The molecule has 122 valence electrons. The van der Waals surface area contributed by atoms with Crippen LogP contribution in [0.15, 0.2) is 24.4 Å². The summed E-state index contributed by atoms with van der Waals surface area (Å²) < 4.78 is 0. The summed E-state index contributed by atoms with van der Waals surface area (Å²) in [4.78, 5) is 15.2. The lowest BCUT2D eigenvalue weighted by Crippen LogP contribution is -2.42. The normalized spacial score (nSPS) is 12.2. The van der Waals surface area contributed by atoms with Crippen molar-refractivity contribution in [3.8, 4) is 0 Å². The highest BCUT2D eigenvalue weighted by molar-refractivity contribution is 5.86. The maximum absolute atomic E-state index is 11.9. The number of nitrogens with one attached hydrogen (secondary N) is 2. The van der Waals surface area contributed by atoms with Crippen molar-refractivity contribution >= 4 is 29.2 Å². The molecule has 22 heavy (non-hydrogen) atoms. The maximum Gasteiger partial charge on any atom is 0.236 e. The number of benzene rings is 1. The number of fused-ring (bicyclic) bond motifs is 1. The Morgan fingerprint density at radius 2 is 2.09 bits per heavy atom. The van der Waals surface area contributed by atoms with Gasteiger partial charge in [0.25, 0.3) is 0 Å². The monoisotopic (exact) mass is 323 g/mol. The van der Waals surface area contributed by atoms with Gasteiger partial charge in [0, 0.05) is 23.6 Å². The van der Waals surface area contributed by atoms with Gasteiger partial charge < -0.3 is 16.0 Å². The van der Waals surface area contributed by atoms with Crippen LogP contribution in [-0.4, -0.2) is 23.5 Å². The second kappa shape index (κ2) is 8.20. The number of aryl methyl sites for hydroxylation is 1. The molecule has 0 unspecified atom stereocenters. The van der Waals surface area contributed by atoms with Gasteiger partial charge in [0.2, 0.25) is 5.91 Å². The minimum atomic E-state index is -0.408. The van der Waals surface area contributed by atoms with E-state index in [4.69, 9.17) is 5.73 Å².